The maximum Gasteiger partial charge on any atom is 0.243 e. The summed E-state index contributed by atoms with van der Waals surface area (Å²) >= 11 is 0. The Morgan fingerprint density at radius 1 is 0.852 bits per heavy atom. The number of fused-ring (bicyclic) bond motifs is 1. The first-order valence-corrected chi connectivity index (χ1v) is 10.7. The Bertz CT molecular complexity index is 1030. The Morgan fingerprint density at radius 3 is 2.26 bits per heavy atom. The third-order valence-corrected chi connectivity index (χ3v) is 7.19. The molecule has 0 bridgehead atoms. The van der Waals surface area contributed by atoms with Gasteiger partial charge in [-0.25, -0.2) is 8.42 Å². The van der Waals surface area contributed by atoms with Crippen molar-refractivity contribution in [1.29, 1.82) is 0 Å². The molecule has 1 unspecified atom stereocenters. The van der Waals surface area contributed by atoms with Gasteiger partial charge in [0.2, 0.25) is 10.0 Å². The van der Waals surface area contributed by atoms with Gasteiger partial charge in [0.25, 0.3) is 0 Å². The maximum atomic E-state index is 13.3. The van der Waals surface area contributed by atoms with Crippen LogP contribution in [0, 0.1) is 6.92 Å². The van der Waals surface area contributed by atoms with E-state index in [1.54, 1.807) is 16.4 Å². The molecule has 0 saturated carbocycles. The fourth-order valence-electron chi connectivity index (χ4n) is 3.79. The van der Waals surface area contributed by atoms with Crippen molar-refractivity contribution < 1.29 is 8.42 Å². The first-order valence-electron chi connectivity index (χ1n) is 9.25. The third-order valence-electron chi connectivity index (χ3n) is 5.31. The predicted octanol–water partition coefficient (Wildman–Crippen LogP) is 4.37. The van der Waals surface area contributed by atoms with Crippen LogP contribution in [0.25, 0.3) is 0 Å². The average Bonchev–Trinajstić information content (AvgIpc) is 2.89. The predicted molar refractivity (Wildman–Crippen MR) is 108 cm³/mol. The SMILES string of the molecule is Cc1ccc(S(=O)(=O)N2CCc3ccccc3C(c3ccccc3)C2)cc1. The van der Waals surface area contributed by atoms with Gasteiger partial charge in [-0.2, -0.15) is 4.31 Å². The second-order valence-electron chi connectivity index (χ2n) is 7.09. The Balaban J connectivity index is 1.76. The molecule has 3 aromatic carbocycles. The highest BCUT2D eigenvalue weighted by Crippen LogP contribution is 2.33. The smallest absolute Gasteiger partial charge is 0.207 e. The minimum atomic E-state index is -3.53. The van der Waals surface area contributed by atoms with Crippen molar-refractivity contribution in [1.82, 2.24) is 4.31 Å². The largest absolute Gasteiger partial charge is 0.243 e. The number of hydrogen-bond donors (Lipinski definition) is 0. The fraction of sp³-hybridized carbons (Fsp3) is 0.217. The van der Waals surface area contributed by atoms with Crippen molar-refractivity contribution in [2.24, 2.45) is 0 Å². The second-order valence-corrected chi connectivity index (χ2v) is 9.03. The van der Waals surface area contributed by atoms with E-state index in [-0.39, 0.29) is 5.92 Å². The van der Waals surface area contributed by atoms with E-state index in [0.717, 1.165) is 17.5 Å². The van der Waals surface area contributed by atoms with Gasteiger partial charge in [-0.3, -0.25) is 0 Å². The molecule has 3 aromatic rings. The summed E-state index contributed by atoms with van der Waals surface area (Å²) in [5.74, 6) is 0.0325. The standard InChI is InChI=1S/C23H23NO2S/c1-18-11-13-21(14-12-18)27(25,26)24-16-15-20-9-5-6-10-22(20)23(17-24)19-7-3-2-4-8-19/h2-14,23H,15-17H2,1H3. The second kappa shape index (κ2) is 7.29. The van der Waals surface area contributed by atoms with Gasteiger partial charge >= 0.3 is 0 Å². The summed E-state index contributed by atoms with van der Waals surface area (Å²) in [5.41, 5.74) is 4.66. The molecule has 1 heterocycles. The molecule has 1 aliphatic rings. The van der Waals surface area contributed by atoms with Crippen molar-refractivity contribution in [3.8, 4) is 0 Å². The number of nitrogens with zero attached hydrogens (tertiary/aromatic N) is 1. The summed E-state index contributed by atoms with van der Waals surface area (Å²) in [6.45, 7) is 2.91. The average molecular weight is 378 g/mol. The Labute approximate surface area is 161 Å². The van der Waals surface area contributed by atoms with E-state index in [2.05, 4.69) is 24.3 Å². The van der Waals surface area contributed by atoms with Crippen molar-refractivity contribution >= 4 is 10.0 Å². The number of aryl methyl sites for hydroxylation is 1. The van der Waals surface area contributed by atoms with Crippen molar-refractivity contribution in [2.75, 3.05) is 13.1 Å². The summed E-state index contributed by atoms with van der Waals surface area (Å²) < 4.78 is 28.3. The third kappa shape index (κ3) is 3.55. The summed E-state index contributed by atoms with van der Waals surface area (Å²) in [4.78, 5) is 0.367. The topological polar surface area (TPSA) is 37.4 Å². The van der Waals surface area contributed by atoms with Gasteiger partial charge in [0.1, 0.15) is 0 Å². The monoisotopic (exact) mass is 377 g/mol. The van der Waals surface area contributed by atoms with Crippen LogP contribution in [0.4, 0.5) is 0 Å². The molecule has 0 N–H and O–H groups in total. The van der Waals surface area contributed by atoms with Gasteiger partial charge in [0.05, 0.1) is 4.90 Å². The van der Waals surface area contributed by atoms with Crippen LogP contribution in [0.2, 0.25) is 0 Å². The molecule has 138 valence electrons. The molecular weight excluding hydrogens is 354 g/mol. The fourth-order valence-corrected chi connectivity index (χ4v) is 5.24. The zero-order chi connectivity index (χ0) is 18.9. The molecular formula is C23H23NO2S. The molecule has 27 heavy (non-hydrogen) atoms. The van der Waals surface area contributed by atoms with Crippen LogP contribution >= 0.6 is 0 Å². The van der Waals surface area contributed by atoms with Gasteiger partial charge in [0, 0.05) is 19.0 Å². The van der Waals surface area contributed by atoms with Crippen LogP contribution in [-0.4, -0.2) is 25.8 Å². The first kappa shape index (κ1) is 18.0. The quantitative estimate of drug-likeness (QED) is 0.679. The lowest BCUT2D eigenvalue weighted by Gasteiger charge is -2.25. The highest BCUT2D eigenvalue weighted by atomic mass is 32.2. The molecule has 3 nitrogen and oxygen atoms in total. The van der Waals surface area contributed by atoms with Gasteiger partial charge in [-0.1, -0.05) is 72.3 Å². The lowest BCUT2D eigenvalue weighted by Crippen LogP contribution is -2.35. The molecule has 0 radical (unpaired) electrons. The van der Waals surface area contributed by atoms with Gasteiger partial charge in [-0.05, 0) is 42.2 Å². The Kier molecular flexibility index (Phi) is 4.85. The lowest BCUT2D eigenvalue weighted by atomic mass is 9.88. The molecule has 0 saturated heterocycles. The lowest BCUT2D eigenvalue weighted by molar-refractivity contribution is 0.412. The number of rotatable bonds is 3. The van der Waals surface area contributed by atoms with Crippen molar-refractivity contribution in [3.05, 3.63) is 101 Å². The minimum Gasteiger partial charge on any atom is -0.207 e. The van der Waals surface area contributed by atoms with Gasteiger partial charge in [-0.15, -0.1) is 0 Å². The molecule has 4 rings (SSSR count). The van der Waals surface area contributed by atoms with E-state index in [1.165, 1.54) is 11.1 Å². The Morgan fingerprint density at radius 2 is 1.52 bits per heavy atom. The number of sulfonamides is 1. The zero-order valence-corrected chi connectivity index (χ0v) is 16.2. The maximum absolute atomic E-state index is 13.3. The number of benzene rings is 3. The summed E-state index contributed by atoms with van der Waals surface area (Å²) in [6, 6.07) is 25.7. The van der Waals surface area contributed by atoms with Crippen LogP contribution in [0.15, 0.2) is 83.8 Å². The van der Waals surface area contributed by atoms with E-state index >= 15 is 0 Å². The molecule has 0 aromatic heterocycles. The highest BCUT2D eigenvalue weighted by molar-refractivity contribution is 7.89. The molecule has 0 aliphatic carbocycles. The number of hydrogen-bond acceptors (Lipinski definition) is 2. The van der Waals surface area contributed by atoms with E-state index in [9.17, 15) is 8.42 Å². The molecule has 1 atom stereocenters. The zero-order valence-electron chi connectivity index (χ0n) is 15.4. The summed E-state index contributed by atoms with van der Waals surface area (Å²) in [5, 5.41) is 0. The van der Waals surface area contributed by atoms with Crippen molar-refractivity contribution in [3.63, 3.8) is 0 Å². The molecule has 0 spiro atoms. The van der Waals surface area contributed by atoms with Crippen molar-refractivity contribution in [2.45, 2.75) is 24.2 Å². The van der Waals surface area contributed by atoms with Crippen LogP contribution in [-0.2, 0) is 16.4 Å². The Hall–Kier alpha value is -2.43. The van der Waals surface area contributed by atoms with E-state index in [4.69, 9.17) is 0 Å². The first-order chi connectivity index (χ1) is 13.1. The van der Waals surface area contributed by atoms with Crippen LogP contribution in [0.3, 0.4) is 0 Å². The molecule has 0 amide bonds. The van der Waals surface area contributed by atoms with Crippen LogP contribution < -0.4 is 0 Å². The van der Waals surface area contributed by atoms with Gasteiger partial charge in [0.15, 0.2) is 0 Å². The van der Waals surface area contributed by atoms with Crippen LogP contribution in [0.5, 0.6) is 0 Å². The normalized spacial score (nSPS) is 17.9. The summed E-state index contributed by atoms with van der Waals surface area (Å²) in [7, 11) is -3.53. The van der Waals surface area contributed by atoms with Crippen LogP contribution in [0.1, 0.15) is 28.2 Å². The molecule has 0 fully saturated rings. The molecule has 4 heteroatoms. The van der Waals surface area contributed by atoms with E-state index in [0.29, 0.717) is 18.0 Å². The van der Waals surface area contributed by atoms with E-state index < -0.39 is 10.0 Å². The highest BCUT2D eigenvalue weighted by Gasteiger charge is 2.31. The molecule has 1 aliphatic heterocycles. The van der Waals surface area contributed by atoms with Gasteiger partial charge < -0.3 is 0 Å². The minimum absolute atomic E-state index is 0.0325. The van der Waals surface area contributed by atoms with E-state index in [1.807, 2.05) is 49.4 Å². The summed E-state index contributed by atoms with van der Waals surface area (Å²) in [6.07, 6.45) is 0.727.